The van der Waals surface area contributed by atoms with E-state index in [1.54, 1.807) is 30.5 Å². The maximum Gasteiger partial charge on any atom is 0.287 e. The highest BCUT2D eigenvalue weighted by Gasteiger charge is 2.40. The lowest BCUT2D eigenvalue weighted by Crippen LogP contribution is -2.33. The molecule has 1 amide bonds. The molecule has 9 heteroatoms. The number of benzene rings is 1. The van der Waals surface area contributed by atoms with Gasteiger partial charge in [-0.05, 0) is 62.4 Å². The molecule has 0 radical (unpaired) electrons. The monoisotopic (exact) mass is 462 g/mol. The zero-order valence-electron chi connectivity index (χ0n) is 17.6. The third kappa shape index (κ3) is 4.67. The minimum atomic E-state index is -3.59. The van der Waals surface area contributed by atoms with Crippen molar-refractivity contribution in [3.8, 4) is 0 Å². The Bertz CT molecular complexity index is 1180. The first-order chi connectivity index (χ1) is 15.1. The quantitative estimate of drug-likeness (QED) is 0.571. The Morgan fingerprint density at radius 2 is 1.84 bits per heavy atom. The van der Waals surface area contributed by atoms with Crippen molar-refractivity contribution in [3.63, 3.8) is 0 Å². The standard InChI is InChI=1S/C23H24F2N2O4S/c1-23(24,25)17-4-8-19(9-5-17)32(29,30)18-6-2-15(3-7-18)13-27-22(28)20-12-16-10-11-26-14-21(16)31-20/h2-3,6-7,10-12,14,17,19H,4-5,8-9,13H2,1H3,(H,27,28). The fraction of sp³-hybridized carbons (Fsp3) is 0.391. The number of nitrogens with zero attached hydrogens (tertiary/aromatic N) is 1. The van der Waals surface area contributed by atoms with E-state index < -0.39 is 26.9 Å². The number of hydrogen-bond acceptors (Lipinski definition) is 5. The van der Waals surface area contributed by atoms with E-state index in [-0.39, 0.29) is 48.8 Å². The molecule has 0 unspecified atom stereocenters. The maximum atomic E-state index is 13.5. The van der Waals surface area contributed by atoms with E-state index in [1.165, 1.54) is 18.3 Å². The van der Waals surface area contributed by atoms with Crippen molar-refractivity contribution in [2.75, 3.05) is 0 Å². The van der Waals surface area contributed by atoms with Gasteiger partial charge in [-0.15, -0.1) is 0 Å². The Morgan fingerprint density at radius 1 is 1.16 bits per heavy atom. The van der Waals surface area contributed by atoms with Gasteiger partial charge in [0.25, 0.3) is 5.91 Å². The number of sulfone groups is 1. The highest BCUT2D eigenvalue weighted by atomic mass is 32.2. The third-order valence-electron chi connectivity index (χ3n) is 6.08. The predicted molar refractivity (Wildman–Crippen MR) is 115 cm³/mol. The first kappa shape index (κ1) is 22.4. The topological polar surface area (TPSA) is 89.3 Å². The first-order valence-electron chi connectivity index (χ1n) is 10.5. The maximum absolute atomic E-state index is 13.5. The van der Waals surface area contributed by atoms with Gasteiger partial charge in [0.15, 0.2) is 21.2 Å². The molecule has 170 valence electrons. The van der Waals surface area contributed by atoms with Crippen LogP contribution >= 0.6 is 0 Å². The van der Waals surface area contributed by atoms with Crippen molar-refractivity contribution in [1.82, 2.24) is 10.3 Å². The zero-order chi connectivity index (χ0) is 22.9. The number of alkyl halides is 2. The number of carbonyl (C=O) groups is 1. The Kier molecular flexibility index (Phi) is 6.03. The number of aromatic nitrogens is 1. The molecule has 2 heterocycles. The SMILES string of the molecule is CC(F)(F)C1CCC(S(=O)(=O)c2ccc(CNC(=O)c3cc4ccncc4o3)cc2)CC1. The van der Waals surface area contributed by atoms with E-state index in [0.29, 0.717) is 5.58 Å². The van der Waals surface area contributed by atoms with E-state index in [0.717, 1.165) is 17.9 Å². The van der Waals surface area contributed by atoms with Crippen LogP contribution in [0, 0.1) is 5.92 Å². The summed E-state index contributed by atoms with van der Waals surface area (Å²) in [5.74, 6) is -3.76. The molecule has 0 spiro atoms. The Balaban J connectivity index is 1.37. The summed E-state index contributed by atoms with van der Waals surface area (Å²) in [4.78, 5) is 16.5. The van der Waals surface area contributed by atoms with Crippen molar-refractivity contribution in [3.05, 3.63) is 60.1 Å². The second kappa shape index (κ2) is 8.61. The molecule has 0 saturated heterocycles. The van der Waals surface area contributed by atoms with Crippen LogP contribution in [0.2, 0.25) is 0 Å². The second-order valence-corrected chi connectivity index (χ2v) is 10.6. The van der Waals surface area contributed by atoms with Gasteiger partial charge < -0.3 is 9.73 Å². The van der Waals surface area contributed by atoms with Crippen molar-refractivity contribution in [1.29, 1.82) is 0 Å². The van der Waals surface area contributed by atoms with E-state index in [9.17, 15) is 22.0 Å². The number of pyridine rings is 1. The van der Waals surface area contributed by atoms with E-state index in [4.69, 9.17) is 4.42 Å². The molecule has 2 aromatic heterocycles. The molecule has 0 atom stereocenters. The minimum Gasteiger partial charge on any atom is -0.449 e. The molecule has 32 heavy (non-hydrogen) atoms. The van der Waals surface area contributed by atoms with E-state index >= 15 is 0 Å². The van der Waals surface area contributed by atoms with Gasteiger partial charge in [-0.2, -0.15) is 0 Å². The summed E-state index contributed by atoms with van der Waals surface area (Å²) in [6.07, 6.45) is 4.03. The van der Waals surface area contributed by atoms with Gasteiger partial charge in [0.05, 0.1) is 16.3 Å². The molecule has 1 aliphatic rings. The lowest BCUT2D eigenvalue weighted by atomic mass is 9.85. The van der Waals surface area contributed by atoms with Crippen LogP contribution in [0.3, 0.4) is 0 Å². The van der Waals surface area contributed by atoms with Crippen LogP contribution in [-0.4, -0.2) is 30.5 Å². The summed E-state index contributed by atoms with van der Waals surface area (Å²) in [5.41, 5.74) is 1.24. The molecule has 6 nitrogen and oxygen atoms in total. The summed E-state index contributed by atoms with van der Waals surface area (Å²) in [7, 11) is -3.59. The highest BCUT2D eigenvalue weighted by Crippen LogP contribution is 2.39. The number of furan rings is 1. The van der Waals surface area contributed by atoms with Gasteiger partial charge >= 0.3 is 0 Å². The van der Waals surface area contributed by atoms with Crippen LogP contribution in [0.15, 0.2) is 58.1 Å². The van der Waals surface area contributed by atoms with E-state index in [1.807, 2.05) is 0 Å². The summed E-state index contributed by atoms with van der Waals surface area (Å²) >= 11 is 0. The number of halogens is 2. The highest BCUT2D eigenvalue weighted by molar-refractivity contribution is 7.92. The smallest absolute Gasteiger partial charge is 0.287 e. The summed E-state index contributed by atoms with van der Waals surface area (Å²) in [5, 5.41) is 2.87. The number of rotatable bonds is 6. The summed E-state index contributed by atoms with van der Waals surface area (Å²) in [6.45, 7) is 1.10. The fourth-order valence-corrected chi connectivity index (χ4v) is 5.93. The van der Waals surface area contributed by atoms with Gasteiger partial charge in [-0.25, -0.2) is 17.2 Å². The van der Waals surface area contributed by atoms with Crippen molar-refractivity contribution < 1.29 is 26.4 Å². The van der Waals surface area contributed by atoms with Crippen LogP contribution in [0.1, 0.15) is 48.7 Å². The summed E-state index contributed by atoms with van der Waals surface area (Å²) in [6, 6.07) is 9.66. The lowest BCUT2D eigenvalue weighted by Gasteiger charge is -2.31. The van der Waals surface area contributed by atoms with Gasteiger partial charge in [-0.1, -0.05) is 12.1 Å². The minimum absolute atomic E-state index is 0.167. The largest absolute Gasteiger partial charge is 0.449 e. The normalized spacial score (nSPS) is 19.7. The molecule has 0 aliphatic heterocycles. The molecule has 1 fully saturated rings. The number of carbonyl (C=O) groups excluding carboxylic acids is 1. The molecular weight excluding hydrogens is 438 g/mol. The molecule has 0 bridgehead atoms. The van der Waals surface area contributed by atoms with Crippen LogP contribution in [0.25, 0.3) is 11.0 Å². The van der Waals surface area contributed by atoms with Crippen LogP contribution < -0.4 is 5.32 Å². The van der Waals surface area contributed by atoms with Crippen LogP contribution in [0.5, 0.6) is 0 Å². The second-order valence-electron chi connectivity index (χ2n) is 8.33. The number of hydrogen-bond donors (Lipinski definition) is 1. The van der Waals surface area contributed by atoms with Gasteiger partial charge in [0.2, 0.25) is 5.92 Å². The average molecular weight is 463 g/mol. The predicted octanol–water partition coefficient (Wildman–Crippen LogP) is 4.75. The van der Waals surface area contributed by atoms with Gasteiger partial charge in [-0.3, -0.25) is 9.78 Å². The molecule has 1 N–H and O–H groups in total. The fourth-order valence-electron chi connectivity index (χ4n) is 4.14. The molecule has 1 aromatic carbocycles. The number of fused-ring (bicyclic) bond motifs is 1. The number of nitrogens with one attached hydrogen (secondary N) is 1. The Morgan fingerprint density at radius 3 is 2.47 bits per heavy atom. The van der Waals surface area contributed by atoms with Crippen LogP contribution in [-0.2, 0) is 16.4 Å². The summed E-state index contributed by atoms with van der Waals surface area (Å²) < 4.78 is 58.3. The zero-order valence-corrected chi connectivity index (χ0v) is 18.4. The Labute approximate surface area is 184 Å². The van der Waals surface area contributed by atoms with E-state index in [2.05, 4.69) is 10.3 Å². The Hall–Kier alpha value is -2.81. The lowest BCUT2D eigenvalue weighted by molar-refractivity contribution is -0.0525. The van der Waals surface area contributed by atoms with Crippen molar-refractivity contribution >= 4 is 26.7 Å². The molecule has 3 aromatic rings. The molecule has 1 saturated carbocycles. The third-order valence-corrected chi connectivity index (χ3v) is 8.36. The number of amides is 1. The van der Waals surface area contributed by atoms with Crippen molar-refractivity contribution in [2.24, 2.45) is 5.92 Å². The van der Waals surface area contributed by atoms with Crippen LogP contribution in [0.4, 0.5) is 8.78 Å². The molecule has 4 rings (SSSR count). The first-order valence-corrected chi connectivity index (χ1v) is 12.0. The van der Waals surface area contributed by atoms with Gasteiger partial charge in [0, 0.05) is 24.0 Å². The average Bonchev–Trinajstić information content (AvgIpc) is 3.22. The van der Waals surface area contributed by atoms with Gasteiger partial charge in [0.1, 0.15) is 0 Å². The molecule has 1 aliphatic carbocycles. The van der Waals surface area contributed by atoms with Crippen molar-refractivity contribution in [2.45, 2.75) is 55.2 Å². The molecular formula is C23H24F2N2O4S.